The molecule has 0 bridgehead atoms. The fourth-order valence-electron chi connectivity index (χ4n) is 3.30. The standard InChI is InChI=1S/C17H19N3O2/c1-19-9-8-15-13(10-19)16(11-6-7-11)18-20(15)14-5-3-2-4-12(14)17(21)22/h2-5,11H,6-10H2,1H3,(H,21,22). The maximum Gasteiger partial charge on any atom is 0.337 e. The van der Waals surface area contributed by atoms with Crippen LogP contribution in [0.3, 0.4) is 0 Å². The lowest BCUT2D eigenvalue weighted by molar-refractivity contribution is 0.0696. The van der Waals surface area contributed by atoms with Crippen LogP contribution in [0.2, 0.25) is 0 Å². The Morgan fingerprint density at radius 2 is 2.09 bits per heavy atom. The number of likely N-dealkylation sites (N-methyl/N-ethyl adjacent to an activating group) is 1. The number of benzene rings is 1. The lowest BCUT2D eigenvalue weighted by atomic mass is 10.0. The van der Waals surface area contributed by atoms with Gasteiger partial charge in [0.1, 0.15) is 0 Å². The quantitative estimate of drug-likeness (QED) is 0.945. The van der Waals surface area contributed by atoms with Gasteiger partial charge in [-0.25, -0.2) is 9.48 Å². The molecule has 1 aromatic carbocycles. The highest BCUT2D eigenvalue weighted by Crippen LogP contribution is 2.43. The third-order valence-electron chi connectivity index (χ3n) is 4.61. The Morgan fingerprint density at radius 1 is 1.32 bits per heavy atom. The van der Waals surface area contributed by atoms with E-state index in [9.17, 15) is 9.90 Å². The number of carbonyl (C=O) groups is 1. The lowest BCUT2D eigenvalue weighted by Gasteiger charge is -2.23. The molecule has 1 fully saturated rings. The molecule has 5 heteroatoms. The van der Waals surface area contributed by atoms with Crippen molar-refractivity contribution in [2.75, 3.05) is 13.6 Å². The van der Waals surface area contributed by atoms with Crippen LogP contribution in [-0.4, -0.2) is 39.3 Å². The first-order chi connectivity index (χ1) is 10.6. The van der Waals surface area contributed by atoms with Crippen molar-refractivity contribution < 1.29 is 9.90 Å². The zero-order chi connectivity index (χ0) is 15.3. The average Bonchev–Trinajstić information content (AvgIpc) is 3.28. The molecule has 22 heavy (non-hydrogen) atoms. The molecule has 2 heterocycles. The zero-order valence-corrected chi connectivity index (χ0v) is 12.6. The van der Waals surface area contributed by atoms with Crippen molar-refractivity contribution in [2.45, 2.75) is 31.7 Å². The summed E-state index contributed by atoms with van der Waals surface area (Å²) in [6, 6.07) is 7.14. The molecule has 5 nitrogen and oxygen atoms in total. The summed E-state index contributed by atoms with van der Waals surface area (Å²) in [7, 11) is 2.13. The molecule has 1 aromatic heterocycles. The fourth-order valence-corrected chi connectivity index (χ4v) is 3.30. The number of para-hydroxylation sites is 1. The van der Waals surface area contributed by atoms with Crippen molar-refractivity contribution in [3.63, 3.8) is 0 Å². The Bertz CT molecular complexity index is 746. The molecule has 1 aliphatic heterocycles. The summed E-state index contributed by atoms with van der Waals surface area (Å²) in [4.78, 5) is 13.8. The molecule has 1 saturated carbocycles. The van der Waals surface area contributed by atoms with Gasteiger partial charge in [0, 0.05) is 31.0 Å². The second-order valence-electron chi connectivity index (χ2n) is 6.31. The Labute approximate surface area is 129 Å². The second kappa shape index (κ2) is 4.95. The van der Waals surface area contributed by atoms with Crippen LogP contribution in [0.25, 0.3) is 5.69 Å². The summed E-state index contributed by atoms with van der Waals surface area (Å²) < 4.78 is 1.89. The Morgan fingerprint density at radius 3 is 2.82 bits per heavy atom. The number of aromatic carboxylic acids is 1. The van der Waals surface area contributed by atoms with Gasteiger partial charge in [-0.1, -0.05) is 12.1 Å². The molecule has 114 valence electrons. The van der Waals surface area contributed by atoms with E-state index in [0.29, 0.717) is 17.2 Å². The van der Waals surface area contributed by atoms with Gasteiger partial charge in [0.2, 0.25) is 0 Å². The van der Waals surface area contributed by atoms with Crippen LogP contribution in [0.4, 0.5) is 0 Å². The number of rotatable bonds is 3. The maximum absolute atomic E-state index is 11.5. The van der Waals surface area contributed by atoms with Crippen molar-refractivity contribution in [3.8, 4) is 5.69 Å². The summed E-state index contributed by atoms with van der Waals surface area (Å²) in [5.74, 6) is -0.334. The van der Waals surface area contributed by atoms with E-state index in [1.165, 1.54) is 29.8 Å². The molecule has 1 N–H and O–H groups in total. The van der Waals surface area contributed by atoms with E-state index in [2.05, 4.69) is 11.9 Å². The molecular weight excluding hydrogens is 278 g/mol. The Balaban J connectivity index is 1.90. The maximum atomic E-state index is 11.5. The van der Waals surface area contributed by atoms with Gasteiger partial charge in [-0.15, -0.1) is 0 Å². The molecule has 0 amide bonds. The third kappa shape index (κ3) is 2.13. The van der Waals surface area contributed by atoms with Gasteiger partial charge in [0.25, 0.3) is 0 Å². The summed E-state index contributed by atoms with van der Waals surface area (Å²) >= 11 is 0. The van der Waals surface area contributed by atoms with E-state index in [-0.39, 0.29) is 0 Å². The molecule has 0 atom stereocenters. The predicted octanol–water partition coefficient (Wildman–Crippen LogP) is 2.44. The molecule has 0 unspecified atom stereocenters. The second-order valence-corrected chi connectivity index (χ2v) is 6.31. The van der Waals surface area contributed by atoms with Crippen LogP contribution in [0.1, 0.15) is 46.1 Å². The lowest BCUT2D eigenvalue weighted by Crippen LogP contribution is -2.27. The van der Waals surface area contributed by atoms with E-state index in [1.54, 1.807) is 12.1 Å². The van der Waals surface area contributed by atoms with Gasteiger partial charge in [-0.3, -0.25) is 0 Å². The first kappa shape index (κ1) is 13.5. The fraction of sp³-hybridized carbons (Fsp3) is 0.412. The molecule has 0 spiro atoms. The van der Waals surface area contributed by atoms with Gasteiger partial charge in [0.05, 0.1) is 22.6 Å². The summed E-state index contributed by atoms with van der Waals surface area (Å²) in [6.07, 6.45) is 3.32. The van der Waals surface area contributed by atoms with Crippen molar-refractivity contribution in [1.29, 1.82) is 0 Å². The van der Waals surface area contributed by atoms with Gasteiger partial charge >= 0.3 is 5.97 Å². The highest BCUT2D eigenvalue weighted by atomic mass is 16.4. The molecule has 0 saturated heterocycles. The topological polar surface area (TPSA) is 58.4 Å². The van der Waals surface area contributed by atoms with Crippen molar-refractivity contribution >= 4 is 5.97 Å². The molecular formula is C17H19N3O2. The van der Waals surface area contributed by atoms with Crippen LogP contribution in [0.15, 0.2) is 24.3 Å². The number of hydrogen-bond acceptors (Lipinski definition) is 3. The van der Waals surface area contributed by atoms with Crippen LogP contribution < -0.4 is 0 Å². The van der Waals surface area contributed by atoms with Crippen LogP contribution in [-0.2, 0) is 13.0 Å². The number of nitrogens with zero attached hydrogens (tertiary/aromatic N) is 3. The minimum absolute atomic E-state index is 0.314. The molecule has 2 aliphatic rings. The van der Waals surface area contributed by atoms with Gasteiger partial charge < -0.3 is 10.0 Å². The van der Waals surface area contributed by atoms with Crippen molar-refractivity contribution in [1.82, 2.24) is 14.7 Å². The molecule has 2 aromatic rings. The molecule has 0 radical (unpaired) electrons. The Hall–Kier alpha value is -2.14. The van der Waals surface area contributed by atoms with Crippen LogP contribution >= 0.6 is 0 Å². The highest BCUT2D eigenvalue weighted by molar-refractivity contribution is 5.91. The van der Waals surface area contributed by atoms with Crippen LogP contribution in [0.5, 0.6) is 0 Å². The number of aromatic nitrogens is 2. The van der Waals surface area contributed by atoms with E-state index >= 15 is 0 Å². The van der Waals surface area contributed by atoms with Crippen molar-refractivity contribution in [2.24, 2.45) is 0 Å². The van der Waals surface area contributed by atoms with E-state index in [0.717, 1.165) is 19.5 Å². The molecule has 4 rings (SSSR count). The Kier molecular flexibility index (Phi) is 3.04. The van der Waals surface area contributed by atoms with Gasteiger partial charge in [0.15, 0.2) is 0 Å². The SMILES string of the molecule is CN1CCc2c(c(C3CC3)nn2-c2ccccc2C(=O)O)C1. The number of carboxylic acid groups (broad SMARTS) is 1. The first-order valence-corrected chi connectivity index (χ1v) is 7.77. The normalized spacial score (nSPS) is 18.2. The minimum Gasteiger partial charge on any atom is -0.478 e. The first-order valence-electron chi connectivity index (χ1n) is 7.77. The predicted molar refractivity (Wildman–Crippen MR) is 82.5 cm³/mol. The number of hydrogen-bond donors (Lipinski definition) is 1. The van der Waals surface area contributed by atoms with E-state index in [1.807, 2.05) is 16.8 Å². The number of carboxylic acids is 1. The monoisotopic (exact) mass is 297 g/mol. The van der Waals surface area contributed by atoms with E-state index < -0.39 is 5.97 Å². The van der Waals surface area contributed by atoms with Gasteiger partial charge in [-0.05, 0) is 32.0 Å². The van der Waals surface area contributed by atoms with Crippen LogP contribution in [0, 0.1) is 0 Å². The van der Waals surface area contributed by atoms with Crippen molar-refractivity contribution in [3.05, 3.63) is 46.8 Å². The van der Waals surface area contributed by atoms with E-state index in [4.69, 9.17) is 5.10 Å². The smallest absolute Gasteiger partial charge is 0.337 e. The summed E-state index contributed by atoms with van der Waals surface area (Å²) in [5.41, 5.74) is 4.68. The average molecular weight is 297 g/mol. The van der Waals surface area contributed by atoms with Gasteiger partial charge in [-0.2, -0.15) is 5.10 Å². The summed E-state index contributed by atoms with van der Waals surface area (Å²) in [6.45, 7) is 1.90. The summed E-state index contributed by atoms with van der Waals surface area (Å²) in [5, 5.41) is 14.3. The number of fused-ring (bicyclic) bond motifs is 1. The third-order valence-corrected chi connectivity index (χ3v) is 4.61. The minimum atomic E-state index is -0.902. The molecule has 1 aliphatic carbocycles. The largest absolute Gasteiger partial charge is 0.478 e. The highest BCUT2D eigenvalue weighted by Gasteiger charge is 2.34. The zero-order valence-electron chi connectivity index (χ0n) is 12.6.